The molecule has 2 rings (SSSR count). The van der Waals surface area contributed by atoms with E-state index < -0.39 is 11.5 Å². The van der Waals surface area contributed by atoms with Crippen molar-refractivity contribution in [2.75, 3.05) is 0 Å². The van der Waals surface area contributed by atoms with Crippen LogP contribution in [-0.2, 0) is 20.7 Å². The molecule has 1 saturated carbocycles. The van der Waals surface area contributed by atoms with Crippen molar-refractivity contribution in [3.8, 4) is 0 Å². The van der Waals surface area contributed by atoms with Crippen molar-refractivity contribution in [3.63, 3.8) is 0 Å². The van der Waals surface area contributed by atoms with Gasteiger partial charge in [-0.25, -0.2) is 0 Å². The van der Waals surface area contributed by atoms with E-state index in [0.717, 1.165) is 18.4 Å². The molecule has 1 aromatic carbocycles. The predicted molar refractivity (Wildman–Crippen MR) is 77.2 cm³/mol. The topological polar surface area (TPSA) is 43.4 Å². The van der Waals surface area contributed by atoms with E-state index in [4.69, 9.17) is 4.74 Å². The summed E-state index contributed by atoms with van der Waals surface area (Å²) >= 11 is 0. The number of carbonyl (C=O) groups excluding carboxylic acids is 2. The Labute approximate surface area is 120 Å². The van der Waals surface area contributed by atoms with E-state index in [0.29, 0.717) is 6.42 Å². The molecule has 3 nitrogen and oxygen atoms in total. The zero-order valence-electron chi connectivity index (χ0n) is 12.4. The third kappa shape index (κ3) is 3.69. The second-order valence-electron chi connectivity index (χ2n) is 6.45. The molecule has 2 atom stereocenters. The Morgan fingerprint density at radius 1 is 1.20 bits per heavy atom. The molecule has 0 N–H and O–H groups in total. The van der Waals surface area contributed by atoms with Crippen LogP contribution in [0.3, 0.4) is 0 Å². The molecule has 1 aliphatic carbocycles. The average molecular weight is 274 g/mol. The van der Waals surface area contributed by atoms with Gasteiger partial charge in [0.2, 0.25) is 0 Å². The number of carbonyl (C=O) groups is 2. The normalized spacial score (nSPS) is 22.9. The van der Waals surface area contributed by atoms with Crippen LogP contribution in [0.1, 0.15) is 39.2 Å². The van der Waals surface area contributed by atoms with E-state index in [2.05, 4.69) is 0 Å². The first kappa shape index (κ1) is 14.8. The molecule has 0 aliphatic heterocycles. The molecular formula is C17H22O3. The van der Waals surface area contributed by atoms with Crippen LogP contribution in [0.25, 0.3) is 0 Å². The lowest BCUT2D eigenvalue weighted by atomic mass is 9.95. The molecule has 3 heteroatoms. The molecule has 0 amide bonds. The van der Waals surface area contributed by atoms with Crippen molar-refractivity contribution in [1.82, 2.24) is 0 Å². The lowest BCUT2D eigenvalue weighted by Crippen LogP contribution is -2.31. The average Bonchev–Trinajstić information content (AvgIpc) is 2.70. The third-order valence-corrected chi connectivity index (χ3v) is 3.57. The van der Waals surface area contributed by atoms with Crippen LogP contribution in [0, 0.1) is 11.8 Å². The monoisotopic (exact) mass is 274 g/mol. The Morgan fingerprint density at radius 2 is 1.85 bits per heavy atom. The number of hydrogen-bond donors (Lipinski definition) is 0. The lowest BCUT2D eigenvalue weighted by molar-refractivity contribution is -0.161. The molecule has 1 aliphatic rings. The standard InChI is InChI=1S/C17H22O3/c1-17(2,3)20-16(19)14-10-9-13(15(14)18)11-12-7-5-4-6-8-12/h4-8,13-14H,9-11H2,1-3H3. The van der Waals surface area contributed by atoms with E-state index in [1.54, 1.807) is 0 Å². The second-order valence-corrected chi connectivity index (χ2v) is 6.45. The summed E-state index contributed by atoms with van der Waals surface area (Å²) in [7, 11) is 0. The van der Waals surface area contributed by atoms with Gasteiger partial charge in [0.15, 0.2) is 0 Å². The fourth-order valence-electron chi connectivity index (χ4n) is 2.65. The Bertz CT molecular complexity index is 485. The Kier molecular flexibility index (Phi) is 4.26. The SMILES string of the molecule is CC(C)(C)OC(=O)C1CCC(Cc2ccccc2)C1=O. The van der Waals surface area contributed by atoms with Crippen molar-refractivity contribution in [2.45, 2.75) is 45.6 Å². The van der Waals surface area contributed by atoms with Gasteiger partial charge in [-0.15, -0.1) is 0 Å². The largest absolute Gasteiger partial charge is 0.459 e. The number of ketones is 1. The van der Waals surface area contributed by atoms with Gasteiger partial charge in [0, 0.05) is 5.92 Å². The summed E-state index contributed by atoms with van der Waals surface area (Å²) in [6.07, 6.45) is 2.11. The third-order valence-electron chi connectivity index (χ3n) is 3.57. The molecule has 0 saturated heterocycles. The second kappa shape index (κ2) is 5.78. The highest BCUT2D eigenvalue weighted by Gasteiger charge is 2.40. The van der Waals surface area contributed by atoms with Crippen LogP contribution < -0.4 is 0 Å². The molecule has 0 heterocycles. The maximum atomic E-state index is 12.3. The zero-order chi connectivity index (χ0) is 14.8. The van der Waals surface area contributed by atoms with Crippen LogP contribution in [0.2, 0.25) is 0 Å². The van der Waals surface area contributed by atoms with Gasteiger partial charge in [-0.2, -0.15) is 0 Å². The molecular weight excluding hydrogens is 252 g/mol. The fourth-order valence-corrected chi connectivity index (χ4v) is 2.65. The summed E-state index contributed by atoms with van der Waals surface area (Å²) in [5.74, 6) is -0.931. The van der Waals surface area contributed by atoms with Crippen molar-refractivity contribution < 1.29 is 14.3 Å². The van der Waals surface area contributed by atoms with Crippen molar-refractivity contribution in [3.05, 3.63) is 35.9 Å². The quantitative estimate of drug-likeness (QED) is 0.628. The van der Waals surface area contributed by atoms with E-state index in [9.17, 15) is 9.59 Å². The highest BCUT2D eigenvalue weighted by molar-refractivity contribution is 6.01. The maximum Gasteiger partial charge on any atom is 0.317 e. The zero-order valence-corrected chi connectivity index (χ0v) is 12.4. The number of ether oxygens (including phenoxy) is 1. The molecule has 20 heavy (non-hydrogen) atoms. The molecule has 0 aromatic heterocycles. The number of Topliss-reactive ketones (excluding diaryl/α,β-unsaturated/α-hetero) is 1. The summed E-state index contributed by atoms with van der Waals surface area (Å²) in [5, 5.41) is 0. The molecule has 0 radical (unpaired) electrons. The minimum Gasteiger partial charge on any atom is -0.459 e. The Hall–Kier alpha value is -1.64. The van der Waals surface area contributed by atoms with Gasteiger partial charge in [0.1, 0.15) is 17.3 Å². The van der Waals surface area contributed by atoms with Gasteiger partial charge < -0.3 is 4.74 Å². The minimum absolute atomic E-state index is 0.0445. The highest BCUT2D eigenvalue weighted by Crippen LogP contribution is 2.31. The lowest BCUT2D eigenvalue weighted by Gasteiger charge is -2.21. The smallest absolute Gasteiger partial charge is 0.317 e. The molecule has 1 fully saturated rings. The van der Waals surface area contributed by atoms with E-state index >= 15 is 0 Å². The summed E-state index contributed by atoms with van der Waals surface area (Å²) in [6, 6.07) is 9.95. The predicted octanol–water partition coefficient (Wildman–Crippen LogP) is 3.17. The van der Waals surface area contributed by atoms with Gasteiger partial charge in [0.05, 0.1) is 0 Å². The van der Waals surface area contributed by atoms with Crippen LogP contribution >= 0.6 is 0 Å². The molecule has 0 spiro atoms. The van der Waals surface area contributed by atoms with Gasteiger partial charge >= 0.3 is 5.97 Å². The molecule has 0 bridgehead atoms. The summed E-state index contributed by atoms with van der Waals surface area (Å²) < 4.78 is 5.33. The van der Waals surface area contributed by atoms with Crippen LogP contribution in [0.15, 0.2) is 30.3 Å². The van der Waals surface area contributed by atoms with Gasteiger partial charge in [-0.05, 0) is 45.6 Å². The van der Waals surface area contributed by atoms with Gasteiger partial charge in [-0.3, -0.25) is 9.59 Å². The highest BCUT2D eigenvalue weighted by atomic mass is 16.6. The molecule has 2 unspecified atom stereocenters. The van der Waals surface area contributed by atoms with Gasteiger partial charge in [0.25, 0.3) is 0 Å². The molecule has 108 valence electrons. The minimum atomic E-state index is -0.567. The number of esters is 1. The Morgan fingerprint density at radius 3 is 2.45 bits per heavy atom. The summed E-state index contributed by atoms with van der Waals surface area (Å²) in [5.41, 5.74) is 0.616. The summed E-state index contributed by atoms with van der Waals surface area (Å²) in [6.45, 7) is 5.48. The van der Waals surface area contributed by atoms with Gasteiger partial charge in [-0.1, -0.05) is 30.3 Å². The first-order valence-electron chi connectivity index (χ1n) is 7.17. The van der Waals surface area contributed by atoms with Crippen LogP contribution in [0.4, 0.5) is 0 Å². The van der Waals surface area contributed by atoms with Crippen molar-refractivity contribution in [1.29, 1.82) is 0 Å². The van der Waals surface area contributed by atoms with E-state index in [1.165, 1.54) is 0 Å². The van der Waals surface area contributed by atoms with Crippen molar-refractivity contribution >= 4 is 11.8 Å². The van der Waals surface area contributed by atoms with Crippen LogP contribution in [0.5, 0.6) is 0 Å². The number of hydrogen-bond acceptors (Lipinski definition) is 3. The van der Waals surface area contributed by atoms with Crippen molar-refractivity contribution in [2.24, 2.45) is 11.8 Å². The van der Waals surface area contributed by atoms with E-state index in [-0.39, 0.29) is 17.7 Å². The summed E-state index contributed by atoms with van der Waals surface area (Å²) in [4.78, 5) is 24.4. The Balaban J connectivity index is 1.97. The van der Waals surface area contributed by atoms with E-state index in [1.807, 2.05) is 51.1 Å². The van der Waals surface area contributed by atoms with Crippen LogP contribution in [-0.4, -0.2) is 17.4 Å². The fraction of sp³-hybridized carbons (Fsp3) is 0.529. The number of benzene rings is 1. The molecule has 1 aromatic rings. The first-order valence-corrected chi connectivity index (χ1v) is 7.17. The maximum absolute atomic E-state index is 12.3. The first-order chi connectivity index (χ1) is 9.37. The number of rotatable bonds is 3.